The molecule has 0 unspecified atom stereocenters. The van der Waals surface area contributed by atoms with E-state index in [0.29, 0.717) is 36.8 Å². The summed E-state index contributed by atoms with van der Waals surface area (Å²) in [5.41, 5.74) is 5.52. The molecule has 0 atom stereocenters. The highest BCUT2D eigenvalue weighted by Crippen LogP contribution is 2.31. The summed E-state index contributed by atoms with van der Waals surface area (Å²) in [6, 6.07) is 9.52. The third-order valence-electron chi connectivity index (χ3n) is 5.76. The lowest BCUT2D eigenvalue weighted by Crippen LogP contribution is -2.48. The van der Waals surface area contributed by atoms with Crippen LogP contribution in [0.15, 0.2) is 40.6 Å². The van der Waals surface area contributed by atoms with E-state index in [9.17, 15) is 8.42 Å². The van der Waals surface area contributed by atoms with Gasteiger partial charge in [-0.2, -0.15) is 4.31 Å². The van der Waals surface area contributed by atoms with Gasteiger partial charge in [-0.05, 0) is 49.6 Å². The minimum Gasteiger partial charge on any atom is -0.345 e. The summed E-state index contributed by atoms with van der Waals surface area (Å²) in [5, 5.41) is 3.64. The van der Waals surface area contributed by atoms with Crippen LogP contribution >= 0.6 is 34.5 Å². The molecule has 0 bridgehead atoms. The van der Waals surface area contributed by atoms with Gasteiger partial charge in [0, 0.05) is 43.0 Å². The second-order valence-corrected chi connectivity index (χ2v) is 11.7. The topological polar surface area (TPSA) is 53.5 Å². The van der Waals surface area contributed by atoms with Crippen LogP contribution in [0.2, 0.25) is 10.0 Å². The van der Waals surface area contributed by atoms with Crippen molar-refractivity contribution in [2.24, 2.45) is 0 Å². The number of rotatable bonds is 5. The van der Waals surface area contributed by atoms with Gasteiger partial charge in [0.1, 0.15) is 4.90 Å². The van der Waals surface area contributed by atoms with Gasteiger partial charge in [-0.25, -0.2) is 13.4 Å². The van der Waals surface area contributed by atoms with Crippen LogP contribution in [-0.4, -0.2) is 43.9 Å². The standard InChI is InChI=1S/C23H25Cl2N3O2S2/c1-15-4-5-16(2)18(10-15)12-19-14-31-23(26-19)27-6-8-28(9-7-27)32(29,30)22-11-17(3)20(24)13-21(22)25/h4-5,10-11,13-14H,6-9,12H2,1-3H3. The lowest BCUT2D eigenvalue weighted by Gasteiger charge is -2.34. The number of piperazine rings is 1. The highest BCUT2D eigenvalue weighted by atomic mass is 35.5. The van der Waals surface area contributed by atoms with Gasteiger partial charge in [-0.15, -0.1) is 11.3 Å². The summed E-state index contributed by atoms with van der Waals surface area (Å²) in [4.78, 5) is 7.08. The normalized spacial score (nSPS) is 15.3. The van der Waals surface area contributed by atoms with Crippen molar-refractivity contribution in [1.29, 1.82) is 0 Å². The molecule has 32 heavy (non-hydrogen) atoms. The molecule has 0 radical (unpaired) electrons. The minimum absolute atomic E-state index is 0.111. The van der Waals surface area contributed by atoms with E-state index in [1.54, 1.807) is 24.3 Å². The molecule has 4 rings (SSSR count). The fourth-order valence-corrected chi connectivity index (χ4v) is 6.90. The Balaban J connectivity index is 1.44. The average Bonchev–Trinajstić information content (AvgIpc) is 3.22. The van der Waals surface area contributed by atoms with E-state index in [1.807, 2.05) is 0 Å². The first kappa shape index (κ1) is 23.5. The molecule has 170 valence electrons. The number of benzene rings is 2. The maximum Gasteiger partial charge on any atom is 0.244 e. The van der Waals surface area contributed by atoms with Gasteiger partial charge in [-0.3, -0.25) is 0 Å². The van der Waals surface area contributed by atoms with E-state index in [1.165, 1.54) is 27.1 Å². The fraction of sp³-hybridized carbons (Fsp3) is 0.348. The Labute approximate surface area is 203 Å². The quantitative estimate of drug-likeness (QED) is 0.457. The first-order valence-electron chi connectivity index (χ1n) is 10.4. The number of hydrogen-bond acceptors (Lipinski definition) is 5. The summed E-state index contributed by atoms with van der Waals surface area (Å²) in [7, 11) is -3.68. The van der Waals surface area contributed by atoms with Crippen molar-refractivity contribution in [2.45, 2.75) is 32.1 Å². The van der Waals surface area contributed by atoms with E-state index >= 15 is 0 Å². The Hall–Kier alpha value is -1.64. The van der Waals surface area contributed by atoms with Gasteiger partial charge in [0.05, 0.1) is 10.7 Å². The van der Waals surface area contributed by atoms with Crippen LogP contribution in [0.25, 0.3) is 0 Å². The van der Waals surface area contributed by atoms with Crippen molar-refractivity contribution in [2.75, 3.05) is 31.1 Å². The number of thiazole rings is 1. The number of aryl methyl sites for hydroxylation is 3. The Kier molecular flexibility index (Phi) is 6.84. The molecule has 0 saturated carbocycles. The SMILES string of the molecule is Cc1ccc(C)c(Cc2csc(N3CCN(S(=O)(=O)c4cc(C)c(Cl)cc4Cl)CC3)n2)c1. The van der Waals surface area contributed by atoms with E-state index in [-0.39, 0.29) is 9.92 Å². The third-order valence-corrected chi connectivity index (χ3v) is 9.48. The van der Waals surface area contributed by atoms with Crippen molar-refractivity contribution in [3.05, 3.63) is 73.7 Å². The molecule has 1 aromatic heterocycles. The molecule has 1 aliphatic rings. The maximum absolute atomic E-state index is 13.1. The number of hydrogen-bond donors (Lipinski definition) is 0. The van der Waals surface area contributed by atoms with Crippen molar-refractivity contribution < 1.29 is 8.42 Å². The first-order chi connectivity index (χ1) is 15.1. The first-order valence-corrected chi connectivity index (χ1v) is 13.4. The van der Waals surface area contributed by atoms with Gasteiger partial charge in [0.25, 0.3) is 0 Å². The summed E-state index contributed by atoms with van der Waals surface area (Å²) < 4.78 is 27.8. The molecule has 9 heteroatoms. The van der Waals surface area contributed by atoms with Crippen LogP contribution in [0, 0.1) is 20.8 Å². The van der Waals surface area contributed by atoms with Crippen LogP contribution in [-0.2, 0) is 16.4 Å². The molecule has 0 N–H and O–H groups in total. The summed E-state index contributed by atoms with van der Waals surface area (Å²) in [6.07, 6.45) is 0.798. The van der Waals surface area contributed by atoms with Gasteiger partial charge < -0.3 is 4.90 Å². The Bertz CT molecular complexity index is 1250. The zero-order valence-electron chi connectivity index (χ0n) is 18.2. The predicted octanol–water partition coefficient (Wildman–Crippen LogP) is 5.48. The van der Waals surface area contributed by atoms with Crippen molar-refractivity contribution in [1.82, 2.24) is 9.29 Å². The molecule has 3 aromatic rings. The second kappa shape index (κ2) is 9.31. The van der Waals surface area contributed by atoms with Crippen LogP contribution in [0.4, 0.5) is 5.13 Å². The lowest BCUT2D eigenvalue weighted by atomic mass is 10.0. The Morgan fingerprint density at radius 3 is 2.41 bits per heavy atom. The average molecular weight is 511 g/mol. The maximum atomic E-state index is 13.1. The Morgan fingerprint density at radius 2 is 1.69 bits per heavy atom. The van der Waals surface area contributed by atoms with Crippen molar-refractivity contribution >= 4 is 49.7 Å². The number of sulfonamides is 1. The van der Waals surface area contributed by atoms with Gasteiger partial charge in [0.15, 0.2) is 5.13 Å². The molecular formula is C23H25Cl2N3O2S2. The Morgan fingerprint density at radius 1 is 0.969 bits per heavy atom. The molecule has 2 aromatic carbocycles. The van der Waals surface area contributed by atoms with Crippen LogP contribution in [0.1, 0.15) is 27.9 Å². The van der Waals surface area contributed by atoms with E-state index in [2.05, 4.69) is 42.3 Å². The van der Waals surface area contributed by atoms with E-state index in [0.717, 1.165) is 17.2 Å². The fourth-order valence-electron chi connectivity index (χ4n) is 3.80. The molecule has 0 amide bonds. The monoisotopic (exact) mass is 509 g/mol. The molecular weight excluding hydrogens is 485 g/mol. The number of nitrogens with zero attached hydrogens (tertiary/aromatic N) is 3. The number of aromatic nitrogens is 1. The van der Waals surface area contributed by atoms with Crippen LogP contribution in [0.3, 0.4) is 0 Å². The molecule has 1 fully saturated rings. The zero-order valence-corrected chi connectivity index (χ0v) is 21.4. The van der Waals surface area contributed by atoms with Crippen LogP contribution < -0.4 is 4.90 Å². The highest BCUT2D eigenvalue weighted by Gasteiger charge is 2.31. The lowest BCUT2D eigenvalue weighted by molar-refractivity contribution is 0.384. The third kappa shape index (κ3) is 4.82. The zero-order chi connectivity index (χ0) is 23.0. The molecule has 1 aliphatic heterocycles. The van der Waals surface area contributed by atoms with E-state index < -0.39 is 10.0 Å². The van der Waals surface area contributed by atoms with Crippen molar-refractivity contribution in [3.63, 3.8) is 0 Å². The molecule has 5 nitrogen and oxygen atoms in total. The smallest absolute Gasteiger partial charge is 0.244 e. The van der Waals surface area contributed by atoms with Crippen LogP contribution in [0.5, 0.6) is 0 Å². The summed E-state index contributed by atoms with van der Waals surface area (Å²) in [6.45, 7) is 7.92. The number of halogens is 2. The number of anilines is 1. The molecule has 0 spiro atoms. The van der Waals surface area contributed by atoms with E-state index in [4.69, 9.17) is 28.2 Å². The van der Waals surface area contributed by atoms with Crippen molar-refractivity contribution in [3.8, 4) is 0 Å². The minimum atomic E-state index is -3.68. The summed E-state index contributed by atoms with van der Waals surface area (Å²) >= 11 is 13.9. The molecule has 1 saturated heterocycles. The molecule has 0 aliphatic carbocycles. The molecule has 2 heterocycles. The second-order valence-electron chi connectivity index (χ2n) is 8.15. The van der Waals surface area contributed by atoms with Gasteiger partial charge in [0.2, 0.25) is 10.0 Å². The highest BCUT2D eigenvalue weighted by molar-refractivity contribution is 7.89. The largest absolute Gasteiger partial charge is 0.345 e. The predicted molar refractivity (Wildman–Crippen MR) is 133 cm³/mol. The summed E-state index contributed by atoms with van der Waals surface area (Å²) in [5.74, 6) is 0. The van der Waals surface area contributed by atoms with Gasteiger partial charge >= 0.3 is 0 Å². The van der Waals surface area contributed by atoms with Gasteiger partial charge in [-0.1, -0.05) is 47.0 Å².